The molecule has 1 nitrogen and oxygen atoms in total. The molecule has 106 valence electrons. The van der Waals surface area contributed by atoms with Gasteiger partial charge in [0, 0.05) is 12.0 Å². The van der Waals surface area contributed by atoms with Gasteiger partial charge in [0.25, 0.3) is 6.43 Å². The van der Waals surface area contributed by atoms with Gasteiger partial charge in [-0.25, -0.2) is 13.2 Å². The Morgan fingerprint density at radius 3 is 2.40 bits per heavy atom. The van der Waals surface area contributed by atoms with Crippen molar-refractivity contribution in [3.8, 4) is 0 Å². The zero-order valence-electron chi connectivity index (χ0n) is 10.4. The molecule has 0 bridgehead atoms. The largest absolute Gasteiger partial charge is 0.388 e. The van der Waals surface area contributed by atoms with Crippen LogP contribution in [-0.4, -0.2) is 5.11 Å². The molecule has 0 aliphatic rings. The van der Waals surface area contributed by atoms with Gasteiger partial charge >= 0.3 is 0 Å². The van der Waals surface area contributed by atoms with Gasteiger partial charge in [-0.2, -0.15) is 0 Å². The van der Waals surface area contributed by atoms with E-state index in [9.17, 15) is 18.3 Å². The van der Waals surface area contributed by atoms with Crippen molar-refractivity contribution in [3.63, 3.8) is 0 Å². The van der Waals surface area contributed by atoms with E-state index in [1.165, 1.54) is 36.4 Å². The van der Waals surface area contributed by atoms with Crippen molar-refractivity contribution in [2.24, 2.45) is 0 Å². The van der Waals surface area contributed by atoms with E-state index < -0.39 is 18.3 Å². The van der Waals surface area contributed by atoms with Crippen LogP contribution in [0.5, 0.6) is 0 Å². The summed E-state index contributed by atoms with van der Waals surface area (Å²) in [5, 5.41) is 10.0. The van der Waals surface area contributed by atoms with E-state index in [0.29, 0.717) is 11.1 Å². The average Bonchev–Trinajstić information content (AvgIpc) is 2.43. The van der Waals surface area contributed by atoms with Crippen LogP contribution in [0, 0.1) is 5.82 Å². The third kappa shape index (κ3) is 3.52. The maximum atomic E-state index is 13.0. The van der Waals surface area contributed by atoms with E-state index in [2.05, 4.69) is 0 Å². The summed E-state index contributed by atoms with van der Waals surface area (Å²) in [5.74, 6) is -0.537. The molecule has 0 saturated carbocycles. The van der Waals surface area contributed by atoms with Gasteiger partial charge in [0.15, 0.2) is 0 Å². The Morgan fingerprint density at radius 2 is 1.75 bits per heavy atom. The molecule has 1 unspecified atom stereocenters. The minimum absolute atomic E-state index is 0.0315. The van der Waals surface area contributed by atoms with Crippen LogP contribution in [0.2, 0.25) is 5.02 Å². The Kier molecular flexibility index (Phi) is 4.68. The van der Waals surface area contributed by atoms with E-state index in [-0.39, 0.29) is 17.0 Å². The topological polar surface area (TPSA) is 20.2 Å². The highest BCUT2D eigenvalue weighted by molar-refractivity contribution is 6.30. The van der Waals surface area contributed by atoms with Gasteiger partial charge < -0.3 is 5.11 Å². The van der Waals surface area contributed by atoms with Crippen molar-refractivity contribution in [1.82, 2.24) is 0 Å². The lowest BCUT2D eigenvalue weighted by molar-refractivity contribution is 0.149. The number of alkyl halides is 2. The Hall–Kier alpha value is -1.52. The summed E-state index contributed by atoms with van der Waals surface area (Å²) in [6, 6.07) is 9.73. The van der Waals surface area contributed by atoms with E-state index in [1.807, 2.05) is 0 Å². The van der Waals surface area contributed by atoms with Gasteiger partial charge in [-0.1, -0.05) is 35.9 Å². The van der Waals surface area contributed by atoms with Gasteiger partial charge in [0.05, 0.1) is 11.1 Å². The van der Waals surface area contributed by atoms with Crippen LogP contribution in [0.3, 0.4) is 0 Å². The fourth-order valence-electron chi connectivity index (χ4n) is 1.91. The molecule has 2 aromatic rings. The summed E-state index contributed by atoms with van der Waals surface area (Å²) in [6.45, 7) is 0. The molecular formula is C15H12ClF3O. The molecule has 20 heavy (non-hydrogen) atoms. The maximum absolute atomic E-state index is 13.0. The maximum Gasteiger partial charge on any atom is 0.263 e. The van der Waals surface area contributed by atoms with Crippen LogP contribution in [-0.2, 0) is 6.42 Å². The third-order valence-corrected chi connectivity index (χ3v) is 3.25. The van der Waals surface area contributed by atoms with E-state index >= 15 is 0 Å². The molecule has 5 heteroatoms. The van der Waals surface area contributed by atoms with Crippen molar-refractivity contribution in [2.75, 3.05) is 0 Å². The smallest absolute Gasteiger partial charge is 0.263 e. The van der Waals surface area contributed by atoms with Crippen LogP contribution in [0.15, 0.2) is 42.5 Å². The van der Waals surface area contributed by atoms with Crippen LogP contribution >= 0.6 is 11.6 Å². The minimum atomic E-state index is -2.58. The standard InChI is InChI=1S/C15H12ClF3O/c16-12-6-9(4-5-13(12)17)7-14(20)10-2-1-3-11(8-10)15(18)19/h1-6,8,14-15,20H,7H2. The molecule has 0 saturated heterocycles. The van der Waals surface area contributed by atoms with Gasteiger partial charge in [-0.15, -0.1) is 0 Å². The number of hydrogen-bond donors (Lipinski definition) is 1. The lowest BCUT2D eigenvalue weighted by Crippen LogP contribution is -2.03. The number of halogens is 4. The summed E-state index contributed by atoms with van der Waals surface area (Å²) in [6.07, 6.45) is -3.36. The predicted octanol–water partition coefficient (Wildman–Crippen LogP) is 4.69. The fourth-order valence-corrected chi connectivity index (χ4v) is 2.11. The number of rotatable bonds is 4. The summed E-state index contributed by atoms with van der Waals surface area (Å²) in [4.78, 5) is 0. The first kappa shape index (κ1) is 14.9. The second kappa shape index (κ2) is 6.29. The molecule has 0 aliphatic carbocycles. The first-order valence-electron chi connectivity index (χ1n) is 5.97. The number of aliphatic hydroxyl groups is 1. The molecule has 0 amide bonds. The van der Waals surface area contributed by atoms with Crippen LogP contribution in [0.25, 0.3) is 0 Å². The van der Waals surface area contributed by atoms with Crippen molar-refractivity contribution in [2.45, 2.75) is 19.0 Å². The van der Waals surface area contributed by atoms with E-state index in [4.69, 9.17) is 11.6 Å². The van der Waals surface area contributed by atoms with Crippen molar-refractivity contribution in [3.05, 3.63) is 70.0 Å². The molecule has 1 N–H and O–H groups in total. The Morgan fingerprint density at radius 1 is 1.05 bits per heavy atom. The molecule has 2 aromatic carbocycles. The number of benzene rings is 2. The third-order valence-electron chi connectivity index (χ3n) is 2.96. The minimum Gasteiger partial charge on any atom is -0.388 e. The van der Waals surface area contributed by atoms with Crippen molar-refractivity contribution >= 4 is 11.6 Å². The van der Waals surface area contributed by atoms with Gasteiger partial charge in [0.2, 0.25) is 0 Å². The molecule has 0 aromatic heterocycles. The molecule has 0 radical (unpaired) electrons. The Bertz CT molecular complexity index is 601. The Balaban J connectivity index is 2.17. The molecule has 0 heterocycles. The number of hydrogen-bond acceptors (Lipinski definition) is 1. The van der Waals surface area contributed by atoms with Gasteiger partial charge in [0.1, 0.15) is 5.82 Å². The van der Waals surface area contributed by atoms with Crippen LogP contribution in [0.1, 0.15) is 29.2 Å². The van der Waals surface area contributed by atoms with E-state index in [0.717, 1.165) is 0 Å². The second-order valence-corrected chi connectivity index (χ2v) is 4.85. The fraction of sp³-hybridized carbons (Fsp3) is 0.200. The zero-order valence-corrected chi connectivity index (χ0v) is 11.1. The predicted molar refractivity (Wildman–Crippen MR) is 71.5 cm³/mol. The number of aliphatic hydroxyl groups excluding tert-OH is 1. The zero-order chi connectivity index (χ0) is 14.7. The highest BCUT2D eigenvalue weighted by atomic mass is 35.5. The highest BCUT2D eigenvalue weighted by Crippen LogP contribution is 2.25. The SMILES string of the molecule is OC(Cc1ccc(F)c(Cl)c1)c1cccc(C(F)F)c1. The molecular weight excluding hydrogens is 289 g/mol. The summed E-state index contributed by atoms with van der Waals surface area (Å²) >= 11 is 5.65. The van der Waals surface area contributed by atoms with Crippen molar-refractivity contribution < 1.29 is 18.3 Å². The lowest BCUT2D eigenvalue weighted by Gasteiger charge is -2.13. The van der Waals surface area contributed by atoms with Gasteiger partial charge in [-0.05, 0) is 29.3 Å². The Labute approximate surface area is 119 Å². The molecule has 1 atom stereocenters. The molecule has 0 fully saturated rings. The normalized spacial score (nSPS) is 12.7. The summed E-state index contributed by atoms with van der Waals surface area (Å²) in [5.41, 5.74) is 0.883. The second-order valence-electron chi connectivity index (χ2n) is 4.44. The lowest BCUT2D eigenvalue weighted by atomic mass is 10.00. The molecule has 2 rings (SSSR count). The van der Waals surface area contributed by atoms with Crippen LogP contribution in [0.4, 0.5) is 13.2 Å². The van der Waals surface area contributed by atoms with Crippen molar-refractivity contribution in [1.29, 1.82) is 0 Å². The summed E-state index contributed by atoms with van der Waals surface area (Å²) in [7, 11) is 0. The quantitative estimate of drug-likeness (QED) is 0.868. The summed E-state index contributed by atoms with van der Waals surface area (Å²) < 4.78 is 38.2. The average molecular weight is 301 g/mol. The van der Waals surface area contributed by atoms with E-state index in [1.54, 1.807) is 6.07 Å². The first-order chi connectivity index (χ1) is 9.47. The van der Waals surface area contributed by atoms with Gasteiger partial charge in [-0.3, -0.25) is 0 Å². The highest BCUT2D eigenvalue weighted by Gasteiger charge is 2.13. The molecule has 0 spiro atoms. The first-order valence-corrected chi connectivity index (χ1v) is 6.35. The monoisotopic (exact) mass is 300 g/mol. The molecule has 0 aliphatic heterocycles. The van der Waals surface area contributed by atoms with Crippen LogP contribution < -0.4 is 0 Å².